The first-order valence-electron chi connectivity index (χ1n) is 7.35. The van der Waals surface area contributed by atoms with Crippen molar-refractivity contribution < 1.29 is 32.6 Å². The quantitative estimate of drug-likeness (QED) is 0.672. The molecule has 1 heterocycles. The second-order valence-electron chi connectivity index (χ2n) is 5.24. The van der Waals surface area contributed by atoms with Crippen molar-refractivity contribution in [2.45, 2.75) is 31.8 Å². The number of carbonyl (C=O) groups excluding carboxylic acids is 1. The van der Waals surface area contributed by atoms with Gasteiger partial charge in [0.1, 0.15) is 17.5 Å². The van der Waals surface area contributed by atoms with Crippen LogP contribution in [0.5, 0.6) is 0 Å². The molecule has 1 aromatic rings. The van der Waals surface area contributed by atoms with Gasteiger partial charge in [-0.25, -0.2) is 22.8 Å². The molecule has 0 unspecified atom stereocenters. The van der Waals surface area contributed by atoms with E-state index in [1.54, 1.807) is 6.92 Å². The van der Waals surface area contributed by atoms with Gasteiger partial charge in [-0.15, -0.1) is 0 Å². The van der Waals surface area contributed by atoms with Crippen LogP contribution in [-0.2, 0) is 9.53 Å². The van der Waals surface area contributed by atoms with Crippen LogP contribution in [0, 0.1) is 17.5 Å². The molecule has 130 valence electrons. The van der Waals surface area contributed by atoms with Crippen LogP contribution in [-0.4, -0.2) is 34.7 Å². The lowest BCUT2D eigenvalue weighted by molar-refractivity contribution is -0.137. The fraction of sp³-hybridized carbons (Fsp3) is 0.375. The normalized spacial score (nSPS) is 20.6. The van der Waals surface area contributed by atoms with Crippen molar-refractivity contribution in [1.82, 2.24) is 4.90 Å². The third kappa shape index (κ3) is 3.69. The number of likely N-dealkylation sites (tertiary alicyclic amines) is 1. The lowest BCUT2D eigenvalue weighted by Crippen LogP contribution is -2.36. The van der Waals surface area contributed by atoms with Crippen LogP contribution in [0.25, 0.3) is 0 Å². The van der Waals surface area contributed by atoms with Crippen molar-refractivity contribution in [3.63, 3.8) is 0 Å². The summed E-state index contributed by atoms with van der Waals surface area (Å²) in [5, 5.41) is 9.38. The smallest absolute Gasteiger partial charge is 0.408 e. The fourth-order valence-electron chi connectivity index (χ4n) is 2.84. The van der Waals surface area contributed by atoms with Crippen molar-refractivity contribution in [2.75, 3.05) is 6.61 Å². The van der Waals surface area contributed by atoms with Gasteiger partial charge in [-0.1, -0.05) is 6.08 Å². The van der Waals surface area contributed by atoms with Crippen molar-refractivity contribution >= 4 is 12.1 Å². The molecule has 2 rings (SSSR count). The number of hydrogen-bond acceptors (Lipinski definition) is 3. The molecule has 0 aliphatic carbocycles. The number of nitrogens with zero attached hydrogens (tertiary/aromatic N) is 1. The summed E-state index contributed by atoms with van der Waals surface area (Å²) in [7, 11) is 0. The Hall–Kier alpha value is -2.51. The van der Waals surface area contributed by atoms with E-state index in [0.717, 1.165) is 11.0 Å². The Kier molecular flexibility index (Phi) is 5.48. The Labute approximate surface area is 136 Å². The number of carboxylic acid groups (broad SMARTS) is 1. The van der Waals surface area contributed by atoms with E-state index in [-0.39, 0.29) is 19.4 Å². The van der Waals surface area contributed by atoms with Gasteiger partial charge in [0.2, 0.25) is 0 Å². The maximum absolute atomic E-state index is 13.9. The summed E-state index contributed by atoms with van der Waals surface area (Å²) in [5.41, 5.74) is -0.495. The summed E-state index contributed by atoms with van der Waals surface area (Å²) in [6.45, 7) is 1.80. The first-order valence-corrected chi connectivity index (χ1v) is 7.35. The largest absolute Gasteiger partial charge is 0.465 e. The topological polar surface area (TPSA) is 66.8 Å². The van der Waals surface area contributed by atoms with E-state index in [4.69, 9.17) is 4.74 Å². The molecule has 2 atom stereocenters. The van der Waals surface area contributed by atoms with Crippen LogP contribution in [0.2, 0.25) is 0 Å². The SMILES string of the molecule is CCOC(=O)/C=C/[C@H]1CC[C@@H](c2c(F)cc(F)cc2F)N1C(=O)O. The Morgan fingerprint density at radius 2 is 1.92 bits per heavy atom. The number of hydrogen-bond donors (Lipinski definition) is 1. The first-order chi connectivity index (χ1) is 11.3. The third-order valence-electron chi connectivity index (χ3n) is 3.77. The number of halogens is 3. The maximum atomic E-state index is 13.9. The summed E-state index contributed by atoms with van der Waals surface area (Å²) >= 11 is 0. The van der Waals surface area contributed by atoms with Crippen LogP contribution in [0.4, 0.5) is 18.0 Å². The predicted octanol–water partition coefficient (Wildman–Crippen LogP) is 3.41. The molecule has 0 saturated carbocycles. The number of ether oxygens (including phenoxy) is 1. The lowest BCUT2D eigenvalue weighted by atomic mass is 10.0. The van der Waals surface area contributed by atoms with Gasteiger partial charge in [0.15, 0.2) is 0 Å². The molecular weight excluding hydrogens is 327 g/mol. The van der Waals surface area contributed by atoms with E-state index in [1.165, 1.54) is 6.08 Å². The summed E-state index contributed by atoms with van der Waals surface area (Å²) in [4.78, 5) is 23.7. The van der Waals surface area contributed by atoms with E-state index in [9.17, 15) is 27.9 Å². The van der Waals surface area contributed by atoms with Crippen molar-refractivity contribution in [1.29, 1.82) is 0 Å². The molecule has 24 heavy (non-hydrogen) atoms. The molecule has 0 radical (unpaired) electrons. The van der Waals surface area contributed by atoms with Crippen LogP contribution >= 0.6 is 0 Å². The first kappa shape index (κ1) is 17.8. The van der Waals surface area contributed by atoms with E-state index >= 15 is 0 Å². The number of amides is 1. The van der Waals surface area contributed by atoms with Gasteiger partial charge in [-0.3, -0.25) is 4.90 Å². The molecule has 8 heteroatoms. The Morgan fingerprint density at radius 1 is 1.29 bits per heavy atom. The van der Waals surface area contributed by atoms with Gasteiger partial charge in [0, 0.05) is 23.8 Å². The number of rotatable bonds is 4. The van der Waals surface area contributed by atoms with Gasteiger partial charge >= 0.3 is 12.1 Å². The second kappa shape index (κ2) is 7.37. The van der Waals surface area contributed by atoms with Crippen LogP contribution in [0.1, 0.15) is 31.4 Å². The molecule has 1 N–H and O–H groups in total. The highest BCUT2D eigenvalue weighted by Gasteiger charge is 2.39. The molecule has 1 aliphatic rings. The third-order valence-corrected chi connectivity index (χ3v) is 3.77. The monoisotopic (exact) mass is 343 g/mol. The molecule has 0 bridgehead atoms. The average Bonchev–Trinajstić information content (AvgIpc) is 2.88. The molecule has 1 amide bonds. The Bertz CT molecular complexity index is 654. The van der Waals surface area contributed by atoms with Crippen molar-refractivity contribution in [3.8, 4) is 0 Å². The molecule has 0 aromatic heterocycles. The minimum atomic E-state index is -1.39. The lowest BCUT2D eigenvalue weighted by Gasteiger charge is -2.26. The van der Waals surface area contributed by atoms with E-state index < -0.39 is 47.2 Å². The summed E-state index contributed by atoms with van der Waals surface area (Å²) in [6.07, 6.45) is 1.43. The molecule has 1 saturated heterocycles. The zero-order valence-electron chi connectivity index (χ0n) is 12.8. The zero-order valence-corrected chi connectivity index (χ0v) is 12.8. The van der Waals surface area contributed by atoms with Crippen LogP contribution in [0.15, 0.2) is 24.3 Å². The van der Waals surface area contributed by atoms with Crippen LogP contribution in [0.3, 0.4) is 0 Å². The van der Waals surface area contributed by atoms with Gasteiger partial charge in [0.05, 0.1) is 18.7 Å². The van der Waals surface area contributed by atoms with E-state index in [2.05, 4.69) is 0 Å². The van der Waals surface area contributed by atoms with E-state index in [1.807, 2.05) is 0 Å². The Morgan fingerprint density at radius 3 is 2.46 bits per heavy atom. The van der Waals surface area contributed by atoms with Crippen molar-refractivity contribution in [2.24, 2.45) is 0 Å². The molecule has 5 nitrogen and oxygen atoms in total. The predicted molar refractivity (Wildman–Crippen MR) is 77.7 cm³/mol. The molecule has 1 fully saturated rings. The van der Waals surface area contributed by atoms with Gasteiger partial charge in [-0.2, -0.15) is 0 Å². The summed E-state index contributed by atoms with van der Waals surface area (Å²) in [5.74, 6) is -3.99. The minimum Gasteiger partial charge on any atom is -0.465 e. The van der Waals surface area contributed by atoms with Crippen molar-refractivity contribution in [3.05, 3.63) is 47.3 Å². The standard InChI is InChI=1S/C16H16F3NO4/c1-2-24-14(21)6-4-10-3-5-13(20(10)16(22)23)15-11(18)7-9(17)8-12(15)19/h4,6-8,10,13H,2-3,5H2,1H3,(H,22,23)/b6-4+/t10-,13+/m1/s1. The van der Waals surface area contributed by atoms with Crippen LogP contribution < -0.4 is 0 Å². The number of benzene rings is 1. The highest BCUT2D eigenvalue weighted by atomic mass is 19.1. The van der Waals surface area contributed by atoms with Gasteiger partial charge < -0.3 is 9.84 Å². The fourth-order valence-corrected chi connectivity index (χ4v) is 2.84. The number of esters is 1. The molecule has 1 aliphatic heterocycles. The molecule has 0 spiro atoms. The zero-order chi connectivity index (χ0) is 17.9. The molecule has 1 aromatic carbocycles. The van der Waals surface area contributed by atoms with Gasteiger partial charge in [0.25, 0.3) is 0 Å². The summed E-state index contributed by atoms with van der Waals surface area (Å²) in [6, 6.07) is -0.804. The highest BCUT2D eigenvalue weighted by Crippen LogP contribution is 2.39. The summed E-state index contributed by atoms with van der Waals surface area (Å²) < 4.78 is 45.6. The average molecular weight is 343 g/mol. The number of carbonyl (C=O) groups is 2. The highest BCUT2D eigenvalue weighted by molar-refractivity contribution is 5.82. The Balaban J connectivity index is 2.30. The second-order valence-corrected chi connectivity index (χ2v) is 5.24. The molecular formula is C16H16F3NO4. The van der Waals surface area contributed by atoms with E-state index in [0.29, 0.717) is 12.1 Å². The maximum Gasteiger partial charge on any atom is 0.408 e. The van der Waals surface area contributed by atoms with Gasteiger partial charge in [-0.05, 0) is 19.8 Å². The minimum absolute atomic E-state index is 0.142.